The van der Waals surface area contributed by atoms with Crippen molar-refractivity contribution in [1.29, 1.82) is 0 Å². The molecule has 1 aromatic heterocycles. The number of hydrogen-bond acceptors (Lipinski definition) is 6. The highest BCUT2D eigenvalue weighted by Crippen LogP contribution is 2.11. The average Bonchev–Trinajstić information content (AvgIpc) is 2.97. The number of nitrogens with zero attached hydrogens (tertiary/aromatic N) is 5. The van der Waals surface area contributed by atoms with E-state index >= 15 is 0 Å². The van der Waals surface area contributed by atoms with E-state index in [-0.39, 0.29) is 12.2 Å². The quantitative estimate of drug-likeness (QED) is 0.757. The number of rotatable bonds is 5. The summed E-state index contributed by atoms with van der Waals surface area (Å²) < 4.78 is 12.6. The number of tetrazole rings is 1. The van der Waals surface area contributed by atoms with Gasteiger partial charge < -0.3 is 9.47 Å². The normalized spacial score (nSPS) is 12.7. The van der Waals surface area contributed by atoms with Gasteiger partial charge >= 0.3 is 6.16 Å². The molecule has 0 saturated carbocycles. The van der Waals surface area contributed by atoms with Crippen LogP contribution in [0.5, 0.6) is 0 Å². The first-order chi connectivity index (χ1) is 12.4. The molecule has 140 valence electrons. The monoisotopic (exact) mass is 361 g/mol. The van der Waals surface area contributed by atoms with Crippen molar-refractivity contribution in [2.45, 2.75) is 47.4 Å². The Hall–Kier alpha value is -2.97. The molecular weight excluding hydrogens is 338 g/mol. The number of ether oxygens (including phenoxy) is 2. The summed E-state index contributed by atoms with van der Waals surface area (Å²) in [5.74, 6) is -0.420. The maximum Gasteiger partial charge on any atom is 0.510 e. The molecule has 0 fully saturated rings. The number of aromatic nitrogens is 4. The molecule has 2 rings (SSSR count). The van der Waals surface area contributed by atoms with E-state index in [2.05, 4.69) is 15.4 Å². The van der Waals surface area contributed by atoms with Gasteiger partial charge in [-0.25, -0.2) is 9.48 Å². The summed E-state index contributed by atoms with van der Waals surface area (Å²) in [4.78, 5) is 28.3. The first-order valence-corrected chi connectivity index (χ1v) is 8.39. The van der Waals surface area contributed by atoms with Crippen LogP contribution in [0.4, 0.5) is 4.79 Å². The van der Waals surface area contributed by atoms with Crippen LogP contribution in [0, 0.1) is 13.8 Å². The van der Waals surface area contributed by atoms with Crippen molar-refractivity contribution in [3.63, 3.8) is 0 Å². The zero-order chi connectivity index (χ0) is 19.3. The van der Waals surface area contributed by atoms with E-state index in [1.54, 1.807) is 19.9 Å². The Balaban J connectivity index is 2.41. The lowest BCUT2D eigenvalue weighted by atomic mass is 10.1. The van der Waals surface area contributed by atoms with Gasteiger partial charge in [0.05, 0.1) is 6.61 Å². The fraction of sp³-hybridized carbons (Fsp3) is 0.471. The van der Waals surface area contributed by atoms with Crippen molar-refractivity contribution in [3.8, 4) is 0 Å². The Morgan fingerprint density at radius 3 is 2.58 bits per heavy atom. The van der Waals surface area contributed by atoms with E-state index < -0.39 is 18.3 Å². The van der Waals surface area contributed by atoms with Crippen LogP contribution in [-0.4, -0.2) is 38.5 Å². The third-order valence-corrected chi connectivity index (χ3v) is 3.67. The van der Waals surface area contributed by atoms with E-state index in [0.29, 0.717) is 12.1 Å². The van der Waals surface area contributed by atoms with Gasteiger partial charge in [0.15, 0.2) is 0 Å². The van der Waals surface area contributed by atoms with Gasteiger partial charge in [-0.2, -0.15) is 9.67 Å². The topological polar surface area (TPSA) is 101 Å². The molecule has 1 unspecified atom stereocenters. The number of amides is 1. The molecule has 0 aliphatic carbocycles. The maximum atomic E-state index is 12.6. The van der Waals surface area contributed by atoms with Crippen LogP contribution >= 0.6 is 0 Å². The van der Waals surface area contributed by atoms with E-state index in [1.165, 1.54) is 9.36 Å². The molecule has 26 heavy (non-hydrogen) atoms. The predicted molar refractivity (Wildman–Crippen MR) is 92.3 cm³/mol. The third kappa shape index (κ3) is 4.35. The predicted octanol–water partition coefficient (Wildman–Crippen LogP) is 2.15. The number of benzene rings is 1. The second kappa shape index (κ2) is 8.41. The Labute approximate surface area is 151 Å². The minimum atomic E-state index is -0.833. The third-order valence-electron chi connectivity index (χ3n) is 3.67. The van der Waals surface area contributed by atoms with Gasteiger partial charge in [0, 0.05) is 12.1 Å². The molecule has 1 heterocycles. The van der Waals surface area contributed by atoms with Crippen molar-refractivity contribution in [3.05, 3.63) is 40.5 Å². The lowest BCUT2D eigenvalue weighted by Gasteiger charge is -2.12. The van der Waals surface area contributed by atoms with Crippen LogP contribution in [0.2, 0.25) is 0 Å². The second-order valence-electron chi connectivity index (χ2n) is 5.67. The standard InChI is InChI=1S/C17H23N5O4/c1-6-21-16(18-15(23)14-9-8-11(3)10-12(14)4)22(20-19-21)13(5)26-17(24)25-7-2/h8-10,13H,6-7H2,1-5H3. The molecule has 0 saturated heterocycles. The van der Waals surface area contributed by atoms with E-state index in [1.807, 2.05) is 32.9 Å². The van der Waals surface area contributed by atoms with Crippen LogP contribution in [0.3, 0.4) is 0 Å². The van der Waals surface area contributed by atoms with Gasteiger partial charge in [-0.15, -0.1) is 0 Å². The van der Waals surface area contributed by atoms with Gasteiger partial charge in [0.1, 0.15) is 0 Å². The van der Waals surface area contributed by atoms with Gasteiger partial charge in [-0.3, -0.25) is 4.79 Å². The second-order valence-corrected chi connectivity index (χ2v) is 5.67. The van der Waals surface area contributed by atoms with Crippen LogP contribution in [0.25, 0.3) is 0 Å². The first kappa shape index (κ1) is 19.4. The fourth-order valence-electron chi connectivity index (χ4n) is 2.38. The first-order valence-electron chi connectivity index (χ1n) is 8.39. The summed E-state index contributed by atoms with van der Waals surface area (Å²) in [6.45, 7) is 9.56. The molecule has 0 spiro atoms. The summed E-state index contributed by atoms with van der Waals surface area (Å²) in [6, 6.07) is 5.50. The van der Waals surface area contributed by atoms with Crippen LogP contribution in [0.15, 0.2) is 23.2 Å². The van der Waals surface area contributed by atoms with Crippen molar-refractivity contribution in [2.24, 2.45) is 4.99 Å². The molecule has 1 amide bonds. The van der Waals surface area contributed by atoms with Crippen LogP contribution < -0.4 is 5.62 Å². The average molecular weight is 361 g/mol. The van der Waals surface area contributed by atoms with Crippen LogP contribution in [0.1, 0.15) is 48.5 Å². The molecule has 2 aromatic rings. The molecular formula is C17H23N5O4. The Bertz CT molecular complexity index is 868. The smallest absolute Gasteiger partial charge is 0.435 e. The van der Waals surface area contributed by atoms with Gasteiger partial charge in [-0.1, -0.05) is 17.7 Å². The Morgan fingerprint density at radius 2 is 1.96 bits per heavy atom. The Kier molecular flexibility index (Phi) is 6.26. The molecule has 0 aliphatic rings. The molecule has 0 N–H and O–H groups in total. The van der Waals surface area contributed by atoms with Crippen molar-refractivity contribution in [2.75, 3.05) is 6.61 Å². The van der Waals surface area contributed by atoms with Crippen molar-refractivity contribution >= 4 is 12.1 Å². The SMILES string of the molecule is CCOC(=O)OC(C)n1nnn(CC)c1=NC(=O)c1ccc(C)cc1C. The molecule has 9 heteroatoms. The highest BCUT2D eigenvalue weighted by atomic mass is 16.7. The highest BCUT2D eigenvalue weighted by molar-refractivity contribution is 5.96. The van der Waals surface area contributed by atoms with E-state index in [9.17, 15) is 9.59 Å². The zero-order valence-electron chi connectivity index (χ0n) is 15.6. The lowest BCUT2D eigenvalue weighted by molar-refractivity contribution is -0.00110. The number of carbonyl (C=O) groups excluding carboxylic acids is 2. The van der Waals surface area contributed by atoms with Gasteiger partial charge in [0.25, 0.3) is 11.5 Å². The highest BCUT2D eigenvalue weighted by Gasteiger charge is 2.18. The number of carbonyl (C=O) groups is 2. The molecule has 1 atom stereocenters. The largest absolute Gasteiger partial charge is 0.510 e. The van der Waals surface area contributed by atoms with Gasteiger partial charge in [-0.05, 0) is 56.7 Å². The summed E-state index contributed by atoms with van der Waals surface area (Å²) in [7, 11) is 0. The molecule has 9 nitrogen and oxygen atoms in total. The summed E-state index contributed by atoms with van der Waals surface area (Å²) in [5, 5.41) is 7.88. The number of aryl methyl sites for hydroxylation is 3. The lowest BCUT2D eigenvalue weighted by Crippen LogP contribution is -2.32. The summed E-state index contributed by atoms with van der Waals surface area (Å²) in [5.41, 5.74) is 2.57. The zero-order valence-corrected chi connectivity index (χ0v) is 15.6. The van der Waals surface area contributed by atoms with E-state index in [0.717, 1.165) is 11.1 Å². The van der Waals surface area contributed by atoms with Crippen molar-refractivity contribution in [1.82, 2.24) is 19.8 Å². The molecule has 0 bridgehead atoms. The van der Waals surface area contributed by atoms with Crippen molar-refractivity contribution < 1.29 is 19.1 Å². The van der Waals surface area contributed by atoms with Gasteiger partial charge in [0.2, 0.25) is 6.23 Å². The Morgan fingerprint density at radius 1 is 1.23 bits per heavy atom. The van der Waals surface area contributed by atoms with Crippen LogP contribution in [-0.2, 0) is 16.0 Å². The van der Waals surface area contributed by atoms with E-state index in [4.69, 9.17) is 9.47 Å². The molecule has 0 aliphatic heterocycles. The fourth-order valence-corrected chi connectivity index (χ4v) is 2.38. The minimum absolute atomic E-state index is 0.189. The summed E-state index contributed by atoms with van der Waals surface area (Å²) in [6.07, 6.45) is -1.66. The summed E-state index contributed by atoms with van der Waals surface area (Å²) >= 11 is 0. The molecule has 0 radical (unpaired) electrons. The molecule has 1 aromatic carbocycles. The number of hydrogen-bond donors (Lipinski definition) is 0. The maximum absolute atomic E-state index is 12.6. The minimum Gasteiger partial charge on any atom is -0.435 e.